The third-order valence-corrected chi connectivity index (χ3v) is 4.84. The van der Waals surface area contributed by atoms with Crippen LogP contribution in [0.4, 0.5) is 0 Å². The molecule has 19 heavy (non-hydrogen) atoms. The lowest BCUT2D eigenvalue weighted by atomic mass is 10.2. The third-order valence-electron chi connectivity index (χ3n) is 2.41. The molecule has 0 heterocycles. The van der Waals surface area contributed by atoms with E-state index in [4.69, 9.17) is 17.4 Å². The van der Waals surface area contributed by atoms with Crippen LogP contribution in [-0.4, -0.2) is 24.7 Å². The van der Waals surface area contributed by atoms with Crippen molar-refractivity contribution < 1.29 is 13.6 Å². The van der Waals surface area contributed by atoms with Gasteiger partial charge in [0.1, 0.15) is 4.99 Å². The van der Waals surface area contributed by atoms with Crippen molar-refractivity contribution in [2.75, 3.05) is 0 Å². The van der Waals surface area contributed by atoms with E-state index in [1.807, 2.05) is 5.48 Å². The predicted molar refractivity (Wildman–Crippen MR) is 80.7 cm³/mol. The van der Waals surface area contributed by atoms with Crippen molar-refractivity contribution in [2.24, 2.45) is 0 Å². The van der Waals surface area contributed by atoms with E-state index in [9.17, 15) is 8.42 Å². The fourth-order valence-electron chi connectivity index (χ4n) is 1.41. The van der Waals surface area contributed by atoms with Gasteiger partial charge in [-0.25, -0.2) is 13.1 Å². The van der Waals surface area contributed by atoms with Crippen molar-refractivity contribution >= 4 is 43.2 Å². The molecule has 0 fully saturated rings. The summed E-state index contributed by atoms with van der Waals surface area (Å²) in [6, 6.07) is 6.12. The van der Waals surface area contributed by atoms with Gasteiger partial charge in [0, 0.05) is 16.9 Å². The Bertz CT molecular complexity index is 531. The maximum atomic E-state index is 12.0. The highest BCUT2D eigenvalue weighted by molar-refractivity contribution is 9.10. The van der Waals surface area contributed by atoms with E-state index in [2.05, 4.69) is 20.7 Å². The first-order chi connectivity index (χ1) is 8.85. The minimum absolute atomic E-state index is 0.213. The van der Waals surface area contributed by atoms with Gasteiger partial charge in [-0.3, -0.25) is 10.7 Å². The Morgan fingerprint density at radius 2 is 2.00 bits per heavy atom. The molecule has 0 bridgehead atoms. The zero-order valence-corrected chi connectivity index (χ0v) is 13.5. The second-order valence-electron chi connectivity index (χ2n) is 4.05. The van der Waals surface area contributed by atoms with Crippen molar-refractivity contribution in [2.45, 2.75) is 30.7 Å². The van der Waals surface area contributed by atoms with E-state index in [1.165, 1.54) is 12.1 Å². The maximum Gasteiger partial charge on any atom is 0.240 e. The van der Waals surface area contributed by atoms with Crippen molar-refractivity contribution in [3.8, 4) is 0 Å². The molecule has 5 nitrogen and oxygen atoms in total. The van der Waals surface area contributed by atoms with Gasteiger partial charge in [0.25, 0.3) is 0 Å². The molecule has 1 rings (SSSR count). The summed E-state index contributed by atoms with van der Waals surface area (Å²) >= 11 is 8.03. The Kier molecular flexibility index (Phi) is 6.34. The van der Waals surface area contributed by atoms with Crippen LogP contribution in [0.25, 0.3) is 0 Å². The number of nitrogens with one attached hydrogen (secondary N) is 2. The molecule has 1 aromatic carbocycles. The molecule has 0 saturated heterocycles. The summed E-state index contributed by atoms with van der Waals surface area (Å²) in [5.41, 5.74) is 1.87. The Labute approximate surface area is 126 Å². The van der Waals surface area contributed by atoms with E-state index in [1.54, 1.807) is 19.1 Å². The second kappa shape index (κ2) is 7.30. The van der Waals surface area contributed by atoms with E-state index in [0.717, 1.165) is 4.47 Å². The zero-order chi connectivity index (χ0) is 14.5. The van der Waals surface area contributed by atoms with Crippen molar-refractivity contribution in [1.82, 2.24) is 10.2 Å². The van der Waals surface area contributed by atoms with Crippen LogP contribution < -0.4 is 10.2 Å². The molecule has 0 spiro atoms. The fourth-order valence-corrected chi connectivity index (χ4v) is 3.07. The summed E-state index contributed by atoms with van der Waals surface area (Å²) in [5, 5.41) is 8.55. The van der Waals surface area contributed by atoms with Crippen molar-refractivity contribution in [3.63, 3.8) is 0 Å². The van der Waals surface area contributed by atoms with E-state index < -0.39 is 10.0 Å². The molecule has 1 unspecified atom stereocenters. The van der Waals surface area contributed by atoms with Crippen LogP contribution in [0, 0.1) is 0 Å². The summed E-state index contributed by atoms with van der Waals surface area (Å²) in [6.07, 6.45) is 0.915. The molecule has 106 valence electrons. The topological polar surface area (TPSA) is 78.4 Å². The summed E-state index contributed by atoms with van der Waals surface area (Å²) in [4.78, 5) is 0.500. The van der Waals surface area contributed by atoms with Crippen LogP contribution in [0.15, 0.2) is 33.6 Å². The highest BCUT2D eigenvalue weighted by Gasteiger charge is 2.17. The molecular formula is C11H15BrN2O3S2. The monoisotopic (exact) mass is 366 g/mol. The van der Waals surface area contributed by atoms with Crippen LogP contribution in [0.2, 0.25) is 0 Å². The fraction of sp³-hybridized carbons (Fsp3) is 0.364. The number of sulfonamides is 1. The van der Waals surface area contributed by atoms with Crippen molar-refractivity contribution in [3.05, 3.63) is 28.7 Å². The van der Waals surface area contributed by atoms with Gasteiger partial charge in [0.05, 0.1) is 4.90 Å². The summed E-state index contributed by atoms with van der Waals surface area (Å²) < 4.78 is 27.5. The lowest BCUT2D eigenvalue weighted by Gasteiger charge is -2.14. The Hall–Kier alpha value is -0.540. The van der Waals surface area contributed by atoms with Gasteiger partial charge < -0.3 is 0 Å². The minimum atomic E-state index is -3.53. The number of halogens is 1. The highest BCUT2D eigenvalue weighted by Crippen LogP contribution is 2.15. The number of hydrogen-bond donors (Lipinski definition) is 3. The van der Waals surface area contributed by atoms with Crippen LogP contribution in [0.1, 0.15) is 19.8 Å². The number of hydroxylamine groups is 1. The van der Waals surface area contributed by atoms with Crippen LogP contribution in [0.5, 0.6) is 0 Å². The molecule has 0 aliphatic heterocycles. The molecule has 8 heteroatoms. The minimum Gasteiger partial charge on any atom is -0.291 e. The average molecular weight is 367 g/mol. The highest BCUT2D eigenvalue weighted by atomic mass is 79.9. The first-order valence-electron chi connectivity index (χ1n) is 5.56. The van der Waals surface area contributed by atoms with Gasteiger partial charge in [-0.2, -0.15) is 0 Å². The second-order valence-corrected chi connectivity index (χ2v) is 7.17. The van der Waals surface area contributed by atoms with Crippen LogP contribution >= 0.6 is 28.1 Å². The van der Waals surface area contributed by atoms with E-state index in [0.29, 0.717) is 12.8 Å². The Balaban J connectivity index is 2.64. The average Bonchev–Trinajstić information content (AvgIpc) is 2.36. The van der Waals surface area contributed by atoms with E-state index >= 15 is 0 Å². The molecule has 3 N–H and O–H groups in total. The maximum absolute atomic E-state index is 12.0. The van der Waals surface area contributed by atoms with Gasteiger partial charge in [0.2, 0.25) is 10.0 Å². The largest absolute Gasteiger partial charge is 0.291 e. The Morgan fingerprint density at radius 1 is 1.42 bits per heavy atom. The standard InChI is InChI=1S/C11H15BrN2O3S2/c1-8(2-7-11(18)13-15)14-19(16,17)10-5-3-9(12)4-6-10/h3-6,8,14-15H,2,7H2,1H3,(H,13,18). The van der Waals surface area contributed by atoms with E-state index in [-0.39, 0.29) is 15.9 Å². The summed E-state index contributed by atoms with van der Waals surface area (Å²) in [6.45, 7) is 1.75. The van der Waals surface area contributed by atoms with Gasteiger partial charge in [-0.05, 0) is 37.6 Å². The molecule has 0 aromatic heterocycles. The summed E-state index contributed by atoms with van der Waals surface area (Å²) in [7, 11) is -3.53. The SMILES string of the molecule is CC(CCC(=S)NO)NS(=O)(=O)c1ccc(Br)cc1. The molecular weight excluding hydrogens is 352 g/mol. The zero-order valence-electron chi connectivity index (χ0n) is 10.3. The lowest BCUT2D eigenvalue weighted by Crippen LogP contribution is -2.33. The predicted octanol–water partition coefficient (Wildman–Crippen LogP) is 2.20. The normalized spacial score (nSPS) is 13.0. The van der Waals surface area contributed by atoms with Gasteiger partial charge in [-0.1, -0.05) is 28.1 Å². The lowest BCUT2D eigenvalue weighted by molar-refractivity contribution is 0.234. The van der Waals surface area contributed by atoms with Gasteiger partial charge in [0.15, 0.2) is 0 Å². The molecule has 0 saturated carbocycles. The molecule has 0 radical (unpaired) electrons. The number of thiocarbonyl (C=S) groups is 1. The molecule has 0 amide bonds. The number of benzene rings is 1. The third kappa shape index (κ3) is 5.53. The number of hydrogen-bond acceptors (Lipinski definition) is 4. The van der Waals surface area contributed by atoms with Crippen LogP contribution in [-0.2, 0) is 10.0 Å². The van der Waals surface area contributed by atoms with Gasteiger partial charge in [-0.15, -0.1) is 0 Å². The quantitative estimate of drug-likeness (QED) is 0.531. The Morgan fingerprint density at radius 3 is 2.53 bits per heavy atom. The first-order valence-corrected chi connectivity index (χ1v) is 8.24. The van der Waals surface area contributed by atoms with Gasteiger partial charge >= 0.3 is 0 Å². The summed E-state index contributed by atoms with van der Waals surface area (Å²) in [5.74, 6) is 0. The molecule has 0 aliphatic carbocycles. The smallest absolute Gasteiger partial charge is 0.240 e. The van der Waals surface area contributed by atoms with Crippen molar-refractivity contribution in [1.29, 1.82) is 0 Å². The van der Waals surface area contributed by atoms with Crippen LogP contribution in [0.3, 0.4) is 0 Å². The molecule has 0 aliphatic rings. The first kappa shape index (κ1) is 16.5. The number of rotatable bonds is 6. The molecule has 1 aromatic rings. The molecule has 1 atom stereocenters.